The lowest BCUT2D eigenvalue weighted by atomic mass is 10.2. The lowest BCUT2D eigenvalue weighted by Gasteiger charge is -2.22. The molecule has 1 heterocycles. The number of benzene rings is 2. The van der Waals surface area contributed by atoms with Crippen LogP contribution in [0.1, 0.15) is 6.42 Å². The van der Waals surface area contributed by atoms with Crippen molar-refractivity contribution < 1.29 is 17.2 Å². The molecule has 0 atom stereocenters. The molecule has 24 heavy (non-hydrogen) atoms. The van der Waals surface area contributed by atoms with E-state index < -0.39 is 21.5 Å². The highest BCUT2D eigenvalue weighted by Gasteiger charge is 2.20. The van der Waals surface area contributed by atoms with E-state index in [-0.39, 0.29) is 9.79 Å². The summed E-state index contributed by atoms with van der Waals surface area (Å²) in [5.74, 6) is -1.83. The Kier molecular flexibility index (Phi) is 4.82. The normalized spacial score (nSPS) is 16.0. The van der Waals surface area contributed by atoms with Crippen LogP contribution in [0.2, 0.25) is 0 Å². The average molecular weight is 352 g/mol. The van der Waals surface area contributed by atoms with Gasteiger partial charge in [0.25, 0.3) is 0 Å². The summed E-state index contributed by atoms with van der Waals surface area (Å²) < 4.78 is 51.7. The molecule has 4 nitrogen and oxygen atoms in total. The molecular formula is C17H18F2N2O2S. The van der Waals surface area contributed by atoms with Crippen molar-refractivity contribution in [3.63, 3.8) is 0 Å². The smallest absolute Gasteiger partial charge is 0.206 e. The average Bonchev–Trinajstić information content (AvgIpc) is 2.83. The summed E-state index contributed by atoms with van der Waals surface area (Å²) in [6.07, 6.45) is 1.02. The summed E-state index contributed by atoms with van der Waals surface area (Å²) >= 11 is 0. The third-order valence-electron chi connectivity index (χ3n) is 4.00. The predicted molar refractivity (Wildman–Crippen MR) is 88.0 cm³/mol. The van der Waals surface area contributed by atoms with Gasteiger partial charge in [-0.25, -0.2) is 17.2 Å². The zero-order chi connectivity index (χ0) is 17.2. The molecule has 1 aliphatic heterocycles. The van der Waals surface area contributed by atoms with Crippen LogP contribution in [0.25, 0.3) is 0 Å². The Balaban J connectivity index is 1.89. The quantitative estimate of drug-likeness (QED) is 0.923. The summed E-state index contributed by atoms with van der Waals surface area (Å²) in [5.41, 5.74) is 0.933. The summed E-state index contributed by atoms with van der Waals surface area (Å²) in [6.45, 7) is 3.59. The van der Waals surface area contributed by atoms with E-state index in [2.05, 4.69) is 10.2 Å². The maximum absolute atomic E-state index is 13.3. The first-order valence-electron chi connectivity index (χ1n) is 7.74. The van der Waals surface area contributed by atoms with Crippen LogP contribution in [0, 0.1) is 11.6 Å². The fourth-order valence-electron chi connectivity index (χ4n) is 2.76. The molecule has 2 aromatic carbocycles. The molecule has 0 aromatic heterocycles. The van der Waals surface area contributed by atoms with Crippen molar-refractivity contribution in [3.05, 3.63) is 54.1 Å². The van der Waals surface area contributed by atoms with Crippen LogP contribution in [0.5, 0.6) is 0 Å². The van der Waals surface area contributed by atoms with Gasteiger partial charge in [0.15, 0.2) is 0 Å². The van der Waals surface area contributed by atoms with Gasteiger partial charge in [0.2, 0.25) is 9.84 Å². The van der Waals surface area contributed by atoms with Crippen molar-refractivity contribution in [1.29, 1.82) is 0 Å². The lowest BCUT2D eigenvalue weighted by molar-refractivity contribution is 0.567. The standard InChI is InChI=1S/C17H18F2N2O2S/c18-13-10-14(19)12-17(11-13)24(22,23)16-4-2-15(3-5-16)21-8-1-6-20-7-9-21/h2-5,10-12,20H,1,6-9H2. The summed E-state index contributed by atoms with van der Waals surface area (Å²) in [6, 6.07) is 8.72. The number of halogens is 2. The molecule has 128 valence electrons. The van der Waals surface area contributed by atoms with E-state index in [1.54, 1.807) is 12.1 Å². The van der Waals surface area contributed by atoms with Gasteiger partial charge in [0, 0.05) is 31.4 Å². The minimum absolute atomic E-state index is 0.0178. The molecule has 1 N–H and O–H groups in total. The summed E-state index contributed by atoms with van der Waals surface area (Å²) in [7, 11) is -3.95. The first-order valence-corrected chi connectivity index (χ1v) is 9.22. The zero-order valence-electron chi connectivity index (χ0n) is 13.0. The minimum atomic E-state index is -3.95. The van der Waals surface area contributed by atoms with Crippen LogP contribution in [-0.2, 0) is 9.84 Å². The Morgan fingerprint density at radius 2 is 1.54 bits per heavy atom. The second kappa shape index (κ2) is 6.86. The van der Waals surface area contributed by atoms with Crippen molar-refractivity contribution in [1.82, 2.24) is 5.32 Å². The van der Waals surface area contributed by atoms with Gasteiger partial charge in [-0.05, 0) is 49.4 Å². The Morgan fingerprint density at radius 1 is 0.875 bits per heavy atom. The zero-order valence-corrected chi connectivity index (χ0v) is 13.8. The van der Waals surface area contributed by atoms with E-state index in [0.29, 0.717) is 6.07 Å². The number of hydrogen-bond acceptors (Lipinski definition) is 4. The molecule has 0 amide bonds. The molecule has 1 saturated heterocycles. The van der Waals surface area contributed by atoms with Gasteiger partial charge in [-0.3, -0.25) is 0 Å². The van der Waals surface area contributed by atoms with Crippen LogP contribution < -0.4 is 10.2 Å². The van der Waals surface area contributed by atoms with E-state index in [9.17, 15) is 17.2 Å². The van der Waals surface area contributed by atoms with E-state index in [1.807, 2.05) is 0 Å². The Hall–Kier alpha value is -1.99. The Labute approximate surface area is 140 Å². The van der Waals surface area contributed by atoms with Gasteiger partial charge in [0.05, 0.1) is 9.79 Å². The number of rotatable bonds is 3. The van der Waals surface area contributed by atoms with Gasteiger partial charge in [0.1, 0.15) is 11.6 Å². The Bertz CT molecular complexity index is 795. The molecule has 0 radical (unpaired) electrons. The number of anilines is 1. The van der Waals surface area contributed by atoms with E-state index in [0.717, 1.165) is 50.4 Å². The van der Waals surface area contributed by atoms with Gasteiger partial charge >= 0.3 is 0 Å². The highest BCUT2D eigenvalue weighted by Crippen LogP contribution is 2.25. The van der Waals surface area contributed by atoms with Crippen LogP contribution in [0.15, 0.2) is 52.3 Å². The third kappa shape index (κ3) is 3.57. The van der Waals surface area contributed by atoms with Gasteiger partial charge in [-0.1, -0.05) is 0 Å². The molecule has 1 fully saturated rings. The van der Waals surface area contributed by atoms with Gasteiger partial charge in [-0.2, -0.15) is 0 Å². The fraction of sp³-hybridized carbons (Fsp3) is 0.294. The highest BCUT2D eigenvalue weighted by molar-refractivity contribution is 7.91. The van der Waals surface area contributed by atoms with E-state index in [4.69, 9.17) is 0 Å². The van der Waals surface area contributed by atoms with Crippen LogP contribution in [0.4, 0.5) is 14.5 Å². The van der Waals surface area contributed by atoms with Crippen LogP contribution in [-0.4, -0.2) is 34.6 Å². The molecule has 3 rings (SSSR count). The molecule has 7 heteroatoms. The number of nitrogens with zero attached hydrogens (tertiary/aromatic N) is 1. The molecule has 0 spiro atoms. The SMILES string of the molecule is O=S(=O)(c1ccc(N2CCCNCC2)cc1)c1cc(F)cc(F)c1. The van der Waals surface area contributed by atoms with Crippen molar-refractivity contribution in [3.8, 4) is 0 Å². The molecule has 1 aliphatic rings. The molecule has 0 saturated carbocycles. The summed E-state index contributed by atoms with van der Waals surface area (Å²) in [4.78, 5) is 1.81. The number of sulfone groups is 1. The van der Waals surface area contributed by atoms with Gasteiger partial charge < -0.3 is 10.2 Å². The molecular weight excluding hydrogens is 334 g/mol. The van der Waals surface area contributed by atoms with Crippen LogP contribution in [0.3, 0.4) is 0 Å². The van der Waals surface area contributed by atoms with Crippen molar-refractivity contribution in [2.45, 2.75) is 16.2 Å². The van der Waals surface area contributed by atoms with Crippen molar-refractivity contribution in [2.24, 2.45) is 0 Å². The second-order valence-electron chi connectivity index (χ2n) is 5.69. The Morgan fingerprint density at radius 3 is 2.21 bits per heavy atom. The lowest BCUT2D eigenvalue weighted by Crippen LogP contribution is -2.27. The van der Waals surface area contributed by atoms with Gasteiger partial charge in [-0.15, -0.1) is 0 Å². The minimum Gasteiger partial charge on any atom is -0.370 e. The topological polar surface area (TPSA) is 49.4 Å². The first-order chi connectivity index (χ1) is 11.5. The van der Waals surface area contributed by atoms with Crippen molar-refractivity contribution >= 4 is 15.5 Å². The molecule has 0 aliphatic carbocycles. The third-order valence-corrected chi connectivity index (χ3v) is 5.75. The fourth-order valence-corrected chi connectivity index (χ4v) is 4.06. The maximum atomic E-state index is 13.3. The molecule has 0 bridgehead atoms. The largest absolute Gasteiger partial charge is 0.370 e. The summed E-state index contributed by atoms with van der Waals surface area (Å²) in [5, 5.41) is 3.31. The number of hydrogen-bond donors (Lipinski definition) is 1. The first kappa shape index (κ1) is 16.9. The van der Waals surface area contributed by atoms with E-state index >= 15 is 0 Å². The van der Waals surface area contributed by atoms with Crippen LogP contribution >= 0.6 is 0 Å². The molecule has 0 unspecified atom stereocenters. The second-order valence-corrected chi connectivity index (χ2v) is 7.64. The predicted octanol–water partition coefficient (Wildman–Crippen LogP) is 2.60. The highest BCUT2D eigenvalue weighted by atomic mass is 32.2. The molecule has 2 aromatic rings. The maximum Gasteiger partial charge on any atom is 0.206 e. The van der Waals surface area contributed by atoms with Crippen molar-refractivity contribution in [2.75, 3.05) is 31.1 Å². The monoisotopic (exact) mass is 352 g/mol. The van der Waals surface area contributed by atoms with E-state index in [1.165, 1.54) is 12.1 Å². The number of nitrogens with one attached hydrogen (secondary N) is 1.